The fourth-order valence-electron chi connectivity index (χ4n) is 4.79. The van der Waals surface area contributed by atoms with Gasteiger partial charge >= 0.3 is 0 Å². The highest BCUT2D eigenvalue weighted by atomic mass is 16.2. The molecule has 2 unspecified atom stereocenters. The molecule has 3 heterocycles. The van der Waals surface area contributed by atoms with Crippen LogP contribution < -0.4 is 0 Å². The third-order valence-electron chi connectivity index (χ3n) is 6.53. The van der Waals surface area contributed by atoms with Crippen molar-refractivity contribution in [2.24, 2.45) is 11.8 Å². The lowest BCUT2D eigenvalue weighted by atomic mass is 10.1. The molecule has 8 heteroatoms. The van der Waals surface area contributed by atoms with Gasteiger partial charge in [-0.3, -0.25) is 19.2 Å². The molecule has 0 aliphatic carbocycles. The number of carbonyl (C=O) groups excluding carboxylic acids is 4. The van der Waals surface area contributed by atoms with E-state index in [1.54, 1.807) is 9.80 Å². The third-order valence-corrected chi connectivity index (χ3v) is 6.53. The topological polar surface area (TPSA) is 81.2 Å². The van der Waals surface area contributed by atoms with Gasteiger partial charge in [-0.25, -0.2) is 0 Å². The van der Waals surface area contributed by atoms with E-state index in [0.717, 1.165) is 6.42 Å². The zero-order valence-electron chi connectivity index (χ0n) is 19.0. The molecule has 0 bridgehead atoms. The van der Waals surface area contributed by atoms with E-state index in [4.69, 9.17) is 0 Å². The summed E-state index contributed by atoms with van der Waals surface area (Å²) < 4.78 is 0. The van der Waals surface area contributed by atoms with Gasteiger partial charge in [0, 0.05) is 63.7 Å². The highest BCUT2D eigenvalue weighted by Crippen LogP contribution is 2.28. The maximum atomic E-state index is 13.1. The van der Waals surface area contributed by atoms with Crippen LogP contribution >= 0.6 is 0 Å². The number of hydrogen-bond acceptors (Lipinski definition) is 4. The lowest BCUT2D eigenvalue weighted by Gasteiger charge is -2.32. The maximum Gasteiger partial charge on any atom is 0.228 e. The first-order valence-electron chi connectivity index (χ1n) is 11.2. The Bertz CT molecular complexity index is 714. The smallest absolute Gasteiger partial charge is 0.228 e. The van der Waals surface area contributed by atoms with Crippen LogP contribution in [0.3, 0.4) is 0 Å². The Labute approximate surface area is 179 Å². The van der Waals surface area contributed by atoms with Crippen LogP contribution in [0.15, 0.2) is 0 Å². The Morgan fingerprint density at radius 3 is 1.77 bits per heavy atom. The number of carbonyl (C=O) groups is 4. The van der Waals surface area contributed by atoms with Crippen LogP contribution in [0.5, 0.6) is 0 Å². The van der Waals surface area contributed by atoms with Crippen molar-refractivity contribution in [2.75, 3.05) is 39.3 Å². The summed E-state index contributed by atoms with van der Waals surface area (Å²) in [6.45, 7) is 13.0. The Morgan fingerprint density at radius 1 is 0.833 bits per heavy atom. The molecule has 168 valence electrons. The summed E-state index contributed by atoms with van der Waals surface area (Å²) in [4.78, 5) is 57.8. The molecule has 30 heavy (non-hydrogen) atoms. The Kier molecular flexibility index (Phi) is 6.43. The second-order valence-electron chi connectivity index (χ2n) is 10.1. The van der Waals surface area contributed by atoms with Gasteiger partial charge in [0.25, 0.3) is 0 Å². The summed E-state index contributed by atoms with van der Waals surface area (Å²) in [6.07, 6.45) is 1.27. The van der Waals surface area contributed by atoms with Gasteiger partial charge in [-0.05, 0) is 41.0 Å². The lowest BCUT2D eigenvalue weighted by Crippen LogP contribution is -2.44. The summed E-state index contributed by atoms with van der Waals surface area (Å²) >= 11 is 0. The van der Waals surface area contributed by atoms with Gasteiger partial charge in [-0.15, -0.1) is 0 Å². The van der Waals surface area contributed by atoms with E-state index in [1.165, 1.54) is 0 Å². The van der Waals surface area contributed by atoms with Gasteiger partial charge in [0.05, 0.1) is 11.8 Å². The first-order chi connectivity index (χ1) is 14.0. The molecule has 3 saturated heterocycles. The summed E-state index contributed by atoms with van der Waals surface area (Å²) in [5.41, 5.74) is -0.281. The van der Waals surface area contributed by atoms with E-state index in [9.17, 15) is 19.2 Å². The predicted molar refractivity (Wildman–Crippen MR) is 112 cm³/mol. The van der Waals surface area contributed by atoms with Crippen LogP contribution in [0, 0.1) is 11.8 Å². The molecular formula is C22H36N4O4. The minimum absolute atomic E-state index is 0.0198. The summed E-state index contributed by atoms with van der Waals surface area (Å²) in [6, 6.07) is 0.106. The average molecular weight is 421 g/mol. The normalized spacial score (nSPS) is 26.1. The standard InChI is InChI=1S/C22H36N4O4/c1-15(2)25-13-16(11-18(25)27)20(29)23-7-6-8-24(10-9-23)21(30)17-12-19(28)26(14-17)22(3,4)5/h15-17H,6-14H2,1-5H3. The van der Waals surface area contributed by atoms with Crippen molar-refractivity contribution < 1.29 is 19.2 Å². The molecule has 0 aromatic carbocycles. The van der Waals surface area contributed by atoms with Gasteiger partial charge in [0.15, 0.2) is 0 Å². The summed E-state index contributed by atoms with van der Waals surface area (Å²) in [5, 5.41) is 0. The molecule has 0 aromatic rings. The fourth-order valence-corrected chi connectivity index (χ4v) is 4.79. The molecule has 3 aliphatic heterocycles. The highest BCUT2D eigenvalue weighted by Gasteiger charge is 2.42. The Hall–Kier alpha value is -2.12. The van der Waals surface area contributed by atoms with Gasteiger partial charge in [-0.1, -0.05) is 0 Å². The Balaban J connectivity index is 1.56. The average Bonchev–Trinajstić information content (AvgIpc) is 3.15. The quantitative estimate of drug-likeness (QED) is 0.681. The maximum absolute atomic E-state index is 13.1. The van der Waals surface area contributed by atoms with E-state index >= 15 is 0 Å². The molecule has 3 aliphatic rings. The molecule has 0 radical (unpaired) electrons. The van der Waals surface area contributed by atoms with Crippen LogP contribution in [0.25, 0.3) is 0 Å². The van der Waals surface area contributed by atoms with Crippen molar-refractivity contribution in [1.29, 1.82) is 0 Å². The number of likely N-dealkylation sites (tertiary alicyclic amines) is 2. The van der Waals surface area contributed by atoms with Crippen LogP contribution in [-0.4, -0.2) is 94.1 Å². The zero-order chi connectivity index (χ0) is 22.2. The number of rotatable bonds is 3. The van der Waals surface area contributed by atoms with Crippen molar-refractivity contribution in [3.8, 4) is 0 Å². The SMILES string of the molecule is CC(C)N1CC(C(=O)N2CCCN(C(=O)C3CC(=O)N(C(C)(C)C)C3)CC2)CC1=O. The third kappa shape index (κ3) is 4.62. The first-order valence-corrected chi connectivity index (χ1v) is 11.2. The molecule has 3 fully saturated rings. The molecule has 8 nitrogen and oxygen atoms in total. The monoisotopic (exact) mass is 420 g/mol. The van der Waals surface area contributed by atoms with Crippen molar-refractivity contribution in [2.45, 2.75) is 65.5 Å². The van der Waals surface area contributed by atoms with Crippen molar-refractivity contribution >= 4 is 23.6 Å². The summed E-state index contributed by atoms with van der Waals surface area (Å²) in [7, 11) is 0. The van der Waals surface area contributed by atoms with E-state index in [0.29, 0.717) is 39.3 Å². The van der Waals surface area contributed by atoms with Crippen LogP contribution in [-0.2, 0) is 19.2 Å². The molecule has 2 atom stereocenters. The van der Waals surface area contributed by atoms with E-state index < -0.39 is 0 Å². The van der Waals surface area contributed by atoms with E-state index in [2.05, 4.69) is 0 Å². The Morgan fingerprint density at radius 2 is 1.33 bits per heavy atom. The van der Waals surface area contributed by atoms with Crippen LogP contribution in [0.2, 0.25) is 0 Å². The lowest BCUT2D eigenvalue weighted by molar-refractivity contribution is -0.137. The van der Waals surface area contributed by atoms with E-state index in [-0.39, 0.29) is 59.9 Å². The first kappa shape index (κ1) is 22.6. The highest BCUT2D eigenvalue weighted by molar-refractivity contribution is 5.90. The van der Waals surface area contributed by atoms with Crippen molar-refractivity contribution in [1.82, 2.24) is 19.6 Å². The molecule has 4 amide bonds. The number of amides is 4. The second kappa shape index (κ2) is 8.55. The van der Waals surface area contributed by atoms with Crippen molar-refractivity contribution in [3.63, 3.8) is 0 Å². The molecular weight excluding hydrogens is 384 g/mol. The van der Waals surface area contributed by atoms with Crippen LogP contribution in [0.1, 0.15) is 53.9 Å². The van der Waals surface area contributed by atoms with Gasteiger partial charge in [0.2, 0.25) is 23.6 Å². The molecule has 3 rings (SSSR count). The fraction of sp³-hybridized carbons (Fsp3) is 0.818. The minimum atomic E-state index is -0.300. The molecule has 0 saturated carbocycles. The van der Waals surface area contributed by atoms with Crippen molar-refractivity contribution in [3.05, 3.63) is 0 Å². The van der Waals surface area contributed by atoms with Crippen LogP contribution in [0.4, 0.5) is 0 Å². The zero-order valence-corrected chi connectivity index (χ0v) is 19.0. The predicted octanol–water partition coefficient (Wildman–Crippen LogP) is 0.951. The van der Waals surface area contributed by atoms with Gasteiger partial charge in [-0.2, -0.15) is 0 Å². The second-order valence-corrected chi connectivity index (χ2v) is 10.1. The van der Waals surface area contributed by atoms with Gasteiger partial charge in [0.1, 0.15) is 0 Å². The number of nitrogens with zero attached hydrogens (tertiary/aromatic N) is 4. The summed E-state index contributed by atoms with van der Waals surface area (Å²) in [5.74, 6) is -0.458. The molecule has 0 spiro atoms. The van der Waals surface area contributed by atoms with E-state index in [1.807, 2.05) is 44.4 Å². The molecule has 0 aromatic heterocycles. The molecule has 0 N–H and O–H groups in total. The largest absolute Gasteiger partial charge is 0.341 e. The number of hydrogen-bond donors (Lipinski definition) is 0. The van der Waals surface area contributed by atoms with Gasteiger partial charge < -0.3 is 19.6 Å². The minimum Gasteiger partial charge on any atom is -0.341 e.